The number of carbonyl (C=O) groups excluding carboxylic acids is 2. The van der Waals surface area contributed by atoms with Crippen molar-refractivity contribution in [1.29, 1.82) is 5.41 Å². The summed E-state index contributed by atoms with van der Waals surface area (Å²) in [7, 11) is 0. The van der Waals surface area contributed by atoms with E-state index in [-0.39, 0.29) is 17.8 Å². The topological polar surface area (TPSA) is 134 Å². The van der Waals surface area contributed by atoms with Crippen LogP contribution in [0.25, 0.3) is 0 Å². The molecule has 0 aliphatic heterocycles. The van der Waals surface area contributed by atoms with Gasteiger partial charge in [-0.15, -0.1) is 0 Å². The van der Waals surface area contributed by atoms with Gasteiger partial charge in [0.15, 0.2) is 0 Å². The standard InChI is InChI=1S/C16H17BrN2O.C8H9N3O/c1-11(13-8-5-9-14(17)10-13)19-16(20)15(18)12-6-3-2-4-7-12;9-8(10)6-1-3-7(4-2-6)11-5-12/h2-11,15H,18H2,1H3,(H,19,20);1-5H,(H3,9,10)(H,11,12). The van der Waals surface area contributed by atoms with Gasteiger partial charge in [-0.05, 0) is 54.4 Å². The molecule has 7 nitrogen and oxygen atoms in total. The molecule has 2 amide bonds. The zero-order chi connectivity index (χ0) is 23.5. The molecule has 0 spiro atoms. The normalized spacial score (nSPS) is 11.8. The van der Waals surface area contributed by atoms with E-state index in [1.165, 1.54) is 0 Å². The highest BCUT2D eigenvalue weighted by molar-refractivity contribution is 9.10. The third-order valence-corrected chi connectivity index (χ3v) is 5.06. The number of nitrogen functional groups attached to an aromatic ring is 1. The van der Waals surface area contributed by atoms with E-state index in [2.05, 4.69) is 26.6 Å². The maximum absolute atomic E-state index is 12.2. The highest BCUT2D eigenvalue weighted by atomic mass is 79.9. The van der Waals surface area contributed by atoms with E-state index in [0.717, 1.165) is 15.6 Å². The third kappa shape index (κ3) is 7.64. The van der Waals surface area contributed by atoms with Crippen molar-refractivity contribution in [3.05, 3.63) is 100 Å². The predicted molar refractivity (Wildman–Crippen MR) is 131 cm³/mol. The molecule has 0 radical (unpaired) electrons. The molecule has 166 valence electrons. The lowest BCUT2D eigenvalue weighted by atomic mass is 10.1. The lowest BCUT2D eigenvalue weighted by molar-refractivity contribution is -0.123. The number of hydrogen-bond acceptors (Lipinski definition) is 4. The van der Waals surface area contributed by atoms with Crippen molar-refractivity contribution >= 4 is 39.8 Å². The quantitative estimate of drug-likeness (QED) is 0.193. The largest absolute Gasteiger partial charge is 0.384 e. The fourth-order valence-corrected chi connectivity index (χ4v) is 3.21. The van der Waals surface area contributed by atoms with Crippen LogP contribution in [0.5, 0.6) is 0 Å². The maximum atomic E-state index is 12.2. The fraction of sp³-hybridized carbons (Fsp3) is 0.125. The van der Waals surface area contributed by atoms with Crippen LogP contribution in [0.1, 0.15) is 35.7 Å². The summed E-state index contributed by atoms with van der Waals surface area (Å²) < 4.78 is 0.989. The minimum atomic E-state index is -0.647. The highest BCUT2D eigenvalue weighted by Gasteiger charge is 2.18. The second-order valence-electron chi connectivity index (χ2n) is 6.93. The SMILES string of the molecule is CC(NC(=O)C(N)c1ccccc1)c1cccc(Br)c1.N=C(N)c1ccc(NC=O)cc1. The molecule has 8 heteroatoms. The first-order valence-corrected chi connectivity index (χ1v) is 10.6. The summed E-state index contributed by atoms with van der Waals surface area (Å²) in [6.45, 7) is 1.94. The summed E-state index contributed by atoms with van der Waals surface area (Å²) in [5, 5.41) is 12.5. The zero-order valence-corrected chi connectivity index (χ0v) is 19.2. The van der Waals surface area contributed by atoms with E-state index in [0.29, 0.717) is 17.7 Å². The van der Waals surface area contributed by atoms with Crippen molar-refractivity contribution in [2.24, 2.45) is 11.5 Å². The molecule has 7 N–H and O–H groups in total. The molecule has 0 aromatic heterocycles. The van der Waals surface area contributed by atoms with Gasteiger partial charge in [-0.2, -0.15) is 0 Å². The van der Waals surface area contributed by atoms with E-state index in [1.807, 2.05) is 61.5 Å². The number of benzene rings is 3. The first kappa shape index (κ1) is 24.8. The summed E-state index contributed by atoms with van der Waals surface area (Å²) >= 11 is 3.42. The Morgan fingerprint density at radius 3 is 2.19 bits per heavy atom. The lowest BCUT2D eigenvalue weighted by Crippen LogP contribution is -2.35. The molecular formula is C24H26BrN5O2. The highest BCUT2D eigenvalue weighted by Crippen LogP contribution is 2.19. The van der Waals surface area contributed by atoms with Crippen molar-refractivity contribution in [2.45, 2.75) is 19.0 Å². The van der Waals surface area contributed by atoms with Gasteiger partial charge < -0.3 is 22.1 Å². The van der Waals surface area contributed by atoms with Crippen LogP contribution in [0.2, 0.25) is 0 Å². The van der Waals surface area contributed by atoms with E-state index < -0.39 is 6.04 Å². The average Bonchev–Trinajstić information content (AvgIpc) is 2.80. The van der Waals surface area contributed by atoms with Crippen LogP contribution in [0.4, 0.5) is 5.69 Å². The number of nitrogens with two attached hydrogens (primary N) is 2. The molecule has 3 aromatic rings. The van der Waals surface area contributed by atoms with Gasteiger partial charge in [0.05, 0.1) is 6.04 Å². The third-order valence-electron chi connectivity index (χ3n) is 4.57. The molecule has 0 fully saturated rings. The van der Waals surface area contributed by atoms with E-state index >= 15 is 0 Å². The molecule has 2 unspecified atom stereocenters. The van der Waals surface area contributed by atoms with Crippen molar-refractivity contribution < 1.29 is 9.59 Å². The molecule has 32 heavy (non-hydrogen) atoms. The lowest BCUT2D eigenvalue weighted by Gasteiger charge is -2.18. The smallest absolute Gasteiger partial charge is 0.241 e. The Labute approximate surface area is 195 Å². The van der Waals surface area contributed by atoms with Gasteiger partial charge in [-0.25, -0.2) is 0 Å². The van der Waals surface area contributed by atoms with Gasteiger partial charge in [0.1, 0.15) is 11.9 Å². The molecule has 3 rings (SSSR count). The number of halogens is 1. The van der Waals surface area contributed by atoms with Crippen molar-refractivity contribution in [3.63, 3.8) is 0 Å². The van der Waals surface area contributed by atoms with E-state index in [9.17, 15) is 9.59 Å². The molecule has 2 atom stereocenters. The Morgan fingerprint density at radius 2 is 1.62 bits per heavy atom. The van der Waals surface area contributed by atoms with Gasteiger partial charge in [0.25, 0.3) is 0 Å². The van der Waals surface area contributed by atoms with Gasteiger partial charge in [0.2, 0.25) is 12.3 Å². The number of hydrogen-bond donors (Lipinski definition) is 5. The Morgan fingerprint density at radius 1 is 1.00 bits per heavy atom. The Hall–Kier alpha value is -3.49. The number of nitrogens with one attached hydrogen (secondary N) is 3. The van der Waals surface area contributed by atoms with Crippen LogP contribution < -0.4 is 22.1 Å². The molecular weight excluding hydrogens is 470 g/mol. The van der Waals surface area contributed by atoms with Crippen molar-refractivity contribution in [3.8, 4) is 0 Å². The van der Waals surface area contributed by atoms with E-state index in [1.54, 1.807) is 24.3 Å². The monoisotopic (exact) mass is 495 g/mol. The number of rotatable bonds is 7. The van der Waals surface area contributed by atoms with Gasteiger partial charge in [-0.1, -0.05) is 58.4 Å². The van der Waals surface area contributed by atoms with Crippen molar-refractivity contribution in [2.75, 3.05) is 5.32 Å². The second-order valence-corrected chi connectivity index (χ2v) is 7.84. The van der Waals surface area contributed by atoms with Gasteiger partial charge in [0, 0.05) is 15.7 Å². The van der Waals surface area contributed by atoms with Crippen LogP contribution in [0, 0.1) is 5.41 Å². The fourth-order valence-electron chi connectivity index (χ4n) is 2.79. The Balaban J connectivity index is 0.000000258. The molecule has 0 aliphatic carbocycles. The predicted octanol–water partition coefficient (Wildman–Crippen LogP) is 3.87. The summed E-state index contributed by atoms with van der Waals surface area (Å²) in [6, 6.07) is 23.2. The number of amides is 2. The maximum Gasteiger partial charge on any atom is 0.241 e. The molecule has 0 heterocycles. The number of anilines is 1. The molecule has 0 bridgehead atoms. The molecule has 0 aliphatic rings. The van der Waals surface area contributed by atoms with Crippen molar-refractivity contribution in [1.82, 2.24) is 5.32 Å². The van der Waals surface area contributed by atoms with Crippen LogP contribution in [0.3, 0.4) is 0 Å². The van der Waals surface area contributed by atoms with Crippen LogP contribution in [0.15, 0.2) is 83.3 Å². The van der Waals surface area contributed by atoms with Gasteiger partial charge in [-0.3, -0.25) is 15.0 Å². The van der Waals surface area contributed by atoms with Crippen LogP contribution in [-0.2, 0) is 9.59 Å². The summed E-state index contributed by atoms with van der Waals surface area (Å²) in [5.74, 6) is -0.156. The molecule has 0 saturated carbocycles. The first-order chi connectivity index (χ1) is 15.3. The van der Waals surface area contributed by atoms with Crippen LogP contribution in [-0.4, -0.2) is 18.2 Å². The number of amidine groups is 1. The molecule has 0 saturated heterocycles. The first-order valence-electron chi connectivity index (χ1n) is 9.82. The van der Waals surface area contributed by atoms with Gasteiger partial charge >= 0.3 is 0 Å². The van der Waals surface area contributed by atoms with E-state index in [4.69, 9.17) is 16.9 Å². The zero-order valence-electron chi connectivity index (χ0n) is 17.6. The summed E-state index contributed by atoms with van der Waals surface area (Å²) in [6.07, 6.45) is 0.600. The van der Waals surface area contributed by atoms with Crippen LogP contribution >= 0.6 is 15.9 Å². The second kappa shape index (κ2) is 12.4. The summed E-state index contributed by atoms with van der Waals surface area (Å²) in [4.78, 5) is 22.2. The summed E-state index contributed by atoms with van der Waals surface area (Å²) in [5.41, 5.74) is 14.4. The minimum absolute atomic E-state index is 0.0210. The molecule has 3 aromatic carbocycles. The number of carbonyl (C=O) groups is 2. The average molecular weight is 496 g/mol. The Bertz CT molecular complexity index is 1040. The Kier molecular flexibility index (Phi) is 9.59. The minimum Gasteiger partial charge on any atom is -0.384 e.